The first kappa shape index (κ1) is 28.3. The van der Waals surface area contributed by atoms with Crippen LogP contribution in [0.2, 0.25) is 4.34 Å². The number of anilines is 2. The summed E-state index contributed by atoms with van der Waals surface area (Å²) in [6.45, 7) is 1.51. The number of thioether (sulfide) groups is 1. The van der Waals surface area contributed by atoms with Gasteiger partial charge in [-0.05, 0) is 24.0 Å². The zero-order valence-corrected chi connectivity index (χ0v) is 23.9. The number of hydrogen-bond donors (Lipinski definition) is 4. The summed E-state index contributed by atoms with van der Waals surface area (Å²) >= 11 is 8.40. The fourth-order valence-electron chi connectivity index (χ4n) is 4.32. The molecule has 3 aromatic heterocycles. The van der Waals surface area contributed by atoms with Gasteiger partial charge in [0, 0.05) is 18.4 Å². The van der Waals surface area contributed by atoms with E-state index in [1.807, 2.05) is 22.9 Å². The van der Waals surface area contributed by atoms with Crippen molar-refractivity contribution in [3.05, 3.63) is 39.6 Å². The number of allylic oxidation sites excluding steroid dienone is 1. The van der Waals surface area contributed by atoms with Crippen LogP contribution in [0.1, 0.15) is 12.6 Å². The van der Waals surface area contributed by atoms with Gasteiger partial charge >= 0.3 is 17.6 Å². The summed E-state index contributed by atoms with van der Waals surface area (Å²) in [4.78, 5) is 64.4. The number of β-lactam (4-membered cyclic amide) rings is 1. The molecule has 214 valence electrons. The molecule has 0 aliphatic carbocycles. The Morgan fingerprint density at radius 1 is 1.41 bits per heavy atom. The fourth-order valence-corrected chi connectivity index (χ4v) is 6.60. The number of halogens is 1. The van der Waals surface area contributed by atoms with E-state index in [0.717, 1.165) is 16.9 Å². The van der Waals surface area contributed by atoms with Crippen LogP contribution in [0, 0.1) is 0 Å². The summed E-state index contributed by atoms with van der Waals surface area (Å²) in [5.41, 5.74) is 13.4. The minimum absolute atomic E-state index is 0.0228. The molecule has 5 heterocycles. The highest BCUT2D eigenvalue weighted by Crippen LogP contribution is 2.40. The van der Waals surface area contributed by atoms with Crippen LogP contribution in [0.5, 0.6) is 0 Å². The summed E-state index contributed by atoms with van der Waals surface area (Å²) < 4.78 is 3.62. The molecule has 15 nitrogen and oxygen atoms in total. The molecule has 2 aliphatic heterocycles. The highest BCUT2D eigenvalue weighted by atomic mass is 35.5. The summed E-state index contributed by atoms with van der Waals surface area (Å²) in [5, 5.41) is 14.8. The Balaban J connectivity index is 1.37. The first-order valence-corrected chi connectivity index (χ1v) is 14.2. The Kier molecular flexibility index (Phi) is 7.58. The van der Waals surface area contributed by atoms with E-state index in [1.165, 1.54) is 23.6 Å². The molecule has 0 radical (unpaired) electrons. The lowest BCUT2D eigenvalue weighted by atomic mass is 10.0. The molecule has 41 heavy (non-hydrogen) atoms. The van der Waals surface area contributed by atoms with Gasteiger partial charge in [0.25, 0.3) is 11.8 Å². The van der Waals surface area contributed by atoms with E-state index in [4.69, 9.17) is 33.0 Å². The summed E-state index contributed by atoms with van der Waals surface area (Å²) in [6.07, 6.45) is 1.05. The van der Waals surface area contributed by atoms with Gasteiger partial charge in [-0.1, -0.05) is 28.1 Å². The van der Waals surface area contributed by atoms with Gasteiger partial charge in [0.15, 0.2) is 17.1 Å². The monoisotopic (exact) mass is 620 g/mol. The van der Waals surface area contributed by atoms with Crippen molar-refractivity contribution in [3.8, 4) is 0 Å². The van der Waals surface area contributed by atoms with Crippen molar-refractivity contribution in [1.29, 1.82) is 0 Å². The number of aliphatic carboxylic acids is 1. The van der Waals surface area contributed by atoms with E-state index >= 15 is 0 Å². The third-order valence-electron chi connectivity index (χ3n) is 6.49. The fraction of sp³-hybridized carbons (Fsp3) is 0.304. The second kappa shape index (κ2) is 11.0. The minimum Gasteiger partial charge on any atom is -0.478 e. The summed E-state index contributed by atoms with van der Waals surface area (Å²) in [6, 6.07) is 2.71. The number of nitrogens with zero attached hydrogens (tertiary/aromatic N) is 6. The predicted octanol–water partition coefficient (Wildman–Crippen LogP) is -0.118. The molecule has 0 saturated carbocycles. The van der Waals surface area contributed by atoms with Crippen molar-refractivity contribution in [1.82, 2.24) is 24.8 Å². The molecule has 1 fully saturated rings. The molecular formula is C23H23ClN9O6S2+. The topological polar surface area (TPSA) is 212 Å². The normalized spacial score (nSPS) is 19.5. The first-order chi connectivity index (χ1) is 19.5. The van der Waals surface area contributed by atoms with E-state index in [1.54, 1.807) is 11.6 Å². The van der Waals surface area contributed by atoms with Crippen LogP contribution in [-0.4, -0.2) is 77.6 Å². The number of amides is 2. The van der Waals surface area contributed by atoms with Crippen LogP contribution in [0.3, 0.4) is 0 Å². The first-order valence-electron chi connectivity index (χ1n) is 11.9. The van der Waals surface area contributed by atoms with Crippen LogP contribution < -0.4 is 21.4 Å². The lowest BCUT2D eigenvalue weighted by molar-refractivity contribution is -0.664. The number of aldehydes is 1. The number of hydrogen-bond acceptors (Lipinski definition) is 12. The Hall–Kier alpha value is -4.22. The Bertz CT molecular complexity index is 1670. The number of nitrogen functional groups attached to an aromatic ring is 2. The maximum absolute atomic E-state index is 13.2. The maximum atomic E-state index is 13.2. The van der Waals surface area contributed by atoms with Crippen molar-refractivity contribution in [3.63, 3.8) is 0 Å². The Labute approximate surface area is 244 Å². The number of carboxylic acids is 1. The molecule has 0 spiro atoms. The van der Waals surface area contributed by atoms with Gasteiger partial charge in [-0.15, -0.1) is 11.8 Å². The van der Waals surface area contributed by atoms with Crippen molar-refractivity contribution in [2.75, 3.05) is 17.2 Å². The summed E-state index contributed by atoms with van der Waals surface area (Å²) in [7, 11) is 1.80. The second-order valence-electron chi connectivity index (χ2n) is 9.04. The molecule has 2 amide bonds. The molecule has 0 aromatic carbocycles. The molecule has 3 atom stereocenters. The van der Waals surface area contributed by atoms with Gasteiger partial charge in [0.1, 0.15) is 33.5 Å². The number of rotatable bonds is 9. The average Bonchev–Trinajstić information content (AvgIpc) is 3.43. The number of imidazole rings is 1. The molecule has 1 saturated heterocycles. The highest BCUT2D eigenvalue weighted by molar-refractivity contribution is 8.00. The average molecular weight is 621 g/mol. The molecule has 2 unspecified atom stereocenters. The molecule has 5 rings (SSSR count). The molecule has 2 aliphatic rings. The van der Waals surface area contributed by atoms with Crippen molar-refractivity contribution < 1.29 is 33.7 Å². The van der Waals surface area contributed by atoms with E-state index < -0.39 is 41.0 Å². The maximum Gasteiger partial charge on any atom is 0.351 e. The van der Waals surface area contributed by atoms with Crippen LogP contribution in [0.25, 0.3) is 11.2 Å². The zero-order valence-electron chi connectivity index (χ0n) is 21.5. The number of carbonyl (C=O) groups is 4. The molecule has 3 aromatic rings. The predicted molar refractivity (Wildman–Crippen MR) is 150 cm³/mol. The molecule has 18 heteroatoms. The standard InChI is InChI=1S/C23H22ClN9O6S2/c1-9(21(37)38)39-30-14(13-16(24)41-23(26)28-13)18(35)27-15-19(36)33-12(7-34)10(8-40-20(15)33)6-32-5-3-4-11-17(32)29-22(25)31(11)2/h3-5,7,9,15,20,25H,6,8H2,1-2H3,(H4,26,27,28,35,37,38)/p+1/b30-14-/t9-,15?,20?/m0/s1. The number of aryl methyl sites for hydroxylation is 1. The number of pyridine rings is 1. The number of nitrogens with one attached hydrogen (secondary N) is 1. The van der Waals surface area contributed by atoms with Crippen LogP contribution >= 0.6 is 34.7 Å². The van der Waals surface area contributed by atoms with E-state index in [2.05, 4.69) is 20.4 Å². The van der Waals surface area contributed by atoms with Gasteiger partial charge in [-0.25, -0.2) is 14.3 Å². The van der Waals surface area contributed by atoms with Gasteiger partial charge in [0.05, 0.1) is 11.9 Å². The van der Waals surface area contributed by atoms with Crippen molar-refractivity contribution in [2.45, 2.75) is 31.0 Å². The molecule has 0 bridgehead atoms. The highest BCUT2D eigenvalue weighted by Gasteiger charge is 2.53. The number of aromatic nitrogens is 4. The van der Waals surface area contributed by atoms with Crippen LogP contribution in [-0.2, 0) is 37.6 Å². The van der Waals surface area contributed by atoms with E-state index in [0.29, 0.717) is 35.8 Å². The molecular weight excluding hydrogens is 598 g/mol. The number of carbonyl (C=O) groups excluding carboxylic acids is 3. The van der Waals surface area contributed by atoms with E-state index in [9.17, 15) is 19.2 Å². The van der Waals surface area contributed by atoms with Crippen molar-refractivity contribution in [2.24, 2.45) is 12.2 Å². The third-order valence-corrected chi connectivity index (χ3v) is 8.91. The minimum atomic E-state index is -1.38. The lowest BCUT2D eigenvalue weighted by Crippen LogP contribution is -2.70. The van der Waals surface area contributed by atoms with Gasteiger partial charge in [-0.2, -0.15) is 0 Å². The smallest absolute Gasteiger partial charge is 0.351 e. The van der Waals surface area contributed by atoms with Crippen LogP contribution in [0.15, 0.2) is 34.8 Å². The summed E-state index contributed by atoms with van der Waals surface area (Å²) in [5.74, 6) is -1.97. The zero-order chi connectivity index (χ0) is 29.6. The number of thiazole rings is 1. The van der Waals surface area contributed by atoms with Crippen LogP contribution in [0.4, 0.5) is 11.1 Å². The Morgan fingerprint density at radius 3 is 2.83 bits per heavy atom. The van der Waals surface area contributed by atoms with Crippen molar-refractivity contribution >= 4 is 86.7 Å². The number of carboxylic acid groups (broad SMARTS) is 1. The number of oxime groups is 1. The number of nitrogens with two attached hydrogens (primary N) is 2. The van der Waals surface area contributed by atoms with E-state index in [-0.39, 0.29) is 20.9 Å². The Morgan fingerprint density at radius 2 is 2.17 bits per heavy atom. The van der Waals surface area contributed by atoms with Gasteiger partial charge in [0.2, 0.25) is 6.10 Å². The quantitative estimate of drug-likeness (QED) is 0.0814. The second-order valence-corrected chi connectivity index (χ2v) is 11.8. The molecule has 6 N–H and O–H groups in total. The SMILES string of the molecule is C[C@H](O/N=C(\C(=O)NC1C(=O)N2C(C=O)=C(C[n+]3cccc4c3nc(N)n4C)CSC12)c1nc(N)sc1Cl)C(=O)O. The van der Waals surface area contributed by atoms with Gasteiger partial charge in [-0.3, -0.25) is 23.9 Å². The lowest BCUT2D eigenvalue weighted by Gasteiger charge is -2.49. The largest absolute Gasteiger partial charge is 0.478 e. The number of fused-ring (bicyclic) bond motifs is 2. The third kappa shape index (κ3) is 5.07. The van der Waals surface area contributed by atoms with Gasteiger partial charge < -0.3 is 26.7 Å².